The van der Waals surface area contributed by atoms with Gasteiger partial charge < -0.3 is 14.2 Å². The molecule has 1 aliphatic rings. The zero-order valence-corrected chi connectivity index (χ0v) is 18.5. The lowest BCUT2D eigenvalue weighted by Gasteiger charge is -2.36. The Balaban J connectivity index is 1.79. The van der Waals surface area contributed by atoms with Gasteiger partial charge in [-0.2, -0.15) is 0 Å². The number of carbonyl (C=O) groups is 2. The maximum Gasteiger partial charge on any atom is 0.286 e. The maximum absolute atomic E-state index is 13.4. The summed E-state index contributed by atoms with van der Waals surface area (Å²) >= 11 is 1.43. The molecular formula is C22H30N4O3S. The summed E-state index contributed by atoms with van der Waals surface area (Å²) in [4.78, 5) is 29.2. The van der Waals surface area contributed by atoms with Gasteiger partial charge in [-0.15, -0.1) is 10.2 Å². The fourth-order valence-electron chi connectivity index (χ4n) is 3.79. The van der Waals surface area contributed by atoms with Crippen molar-refractivity contribution in [1.29, 1.82) is 0 Å². The highest BCUT2D eigenvalue weighted by molar-refractivity contribution is 7.99. The topological polar surface area (TPSA) is 79.5 Å². The van der Waals surface area contributed by atoms with Crippen LogP contribution in [0.4, 0.5) is 0 Å². The summed E-state index contributed by atoms with van der Waals surface area (Å²) < 4.78 is 5.66. The van der Waals surface area contributed by atoms with Crippen molar-refractivity contribution in [2.45, 2.75) is 55.8 Å². The van der Waals surface area contributed by atoms with Crippen LogP contribution < -0.4 is 0 Å². The molecule has 1 heterocycles. The highest BCUT2D eigenvalue weighted by Gasteiger charge is 2.34. The molecule has 30 heavy (non-hydrogen) atoms. The van der Waals surface area contributed by atoms with Crippen molar-refractivity contribution in [2.75, 3.05) is 26.4 Å². The van der Waals surface area contributed by atoms with Crippen LogP contribution in [0.15, 0.2) is 40.0 Å². The minimum absolute atomic E-state index is 0.0223. The Bertz CT molecular complexity index is 806. The second-order valence-electron chi connectivity index (χ2n) is 7.94. The molecule has 2 aromatic rings. The van der Waals surface area contributed by atoms with Crippen molar-refractivity contribution in [3.63, 3.8) is 0 Å². The van der Waals surface area contributed by atoms with Gasteiger partial charge in [-0.05, 0) is 32.5 Å². The van der Waals surface area contributed by atoms with Gasteiger partial charge >= 0.3 is 0 Å². The largest absolute Gasteiger partial charge is 0.408 e. The van der Waals surface area contributed by atoms with Crippen LogP contribution in [-0.4, -0.2) is 70.7 Å². The van der Waals surface area contributed by atoms with Gasteiger partial charge in [-0.1, -0.05) is 61.4 Å². The van der Waals surface area contributed by atoms with E-state index in [0.717, 1.165) is 50.0 Å². The number of nitrogens with zero attached hydrogens (tertiary/aromatic N) is 4. The first-order valence-corrected chi connectivity index (χ1v) is 11.5. The van der Waals surface area contributed by atoms with Crippen molar-refractivity contribution >= 4 is 24.0 Å². The zero-order valence-electron chi connectivity index (χ0n) is 17.7. The molecule has 3 rings (SSSR count). The molecule has 1 amide bonds. The number of Topliss-reactive ketones (excluding diaryl/α,β-unsaturated/α-hetero) is 1. The van der Waals surface area contributed by atoms with Gasteiger partial charge in [-0.25, -0.2) is 0 Å². The third-order valence-electron chi connectivity index (χ3n) is 5.43. The fourth-order valence-corrected chi connectivity index (χ4v) is 4.66. The minimum Gasteiger partial charge on any atom is -0.408 e. The van der Waals surface area contributed by atoms with Crippen LogP contribution in [-0.2, 0) is 11.2 Å². The molecule has 7 nitrogen and oxygen atoms in total. The second-order valence-corrected chi connectivity index (χ2v) is 8.99. The van der Waals surface area contributed by atoms with Crippen LogP contribution in [0, 0.1) is 0 Å². The Hall–Kier alpha value is -2.19. The molecule has 1 aliphatic carbocycles. The molecule has 162 valence electrons. The third kappa shape index (κ3) is 6.15. The lowest BCUT2D eigenvalue weighted by atomic mass is 9.91. The van der Waals surface area contributed by atoms with Crippen LogP contribution >= 0.6 is 11.8 Å². The molecule has 1 unspecified atom stereocenters. The first-order valence-electron chi connectivity index (χ1n) is 10.5. The number of aromatic nitrogens is 2. The number of hydrogen-bond donors (Lipinski definition) is 0. The van der Waals surface area contributed by atoms with Gasteiger partial charge in [0.05, 0.1) is 0 Å². The predicted molar refractivity (Wildman–Crippen MR) is 117 cm³/mol. The number of hydrogen-bond acceptors (Lipinski definition) is 7. The highest BCUT2D eigenvalue weighted by Crippen LogP contribution is 2.26. The lowest BCUT2D eigenvalue weighted by Crippen LogP contribution is -2.48. The molecule has 0 bridgehead atoms. The van der Waals surface area contributed by atoms with Gasteiger partial charge in [-0.3, -0.25) is 9.59 Å². The molecule has 1 saturated carbocycles. The normalized spacial score (nSPS) is 15.8. The predicted octanol–water partition coefficient (Wildman–Crippen LogP) is 3.31. The number of ketones is 1. The number of thioether (sulfide) groups is 1. The molecule has 0 saturated heterocycles. The highest BCUT2D eigenvalue weighted by atomic mass is 32.2. The Morgan fingerprint density at radius 2 is 1.93 bits per heavy atom. The third-order valence-corrected chi connectivity index (χ3v) is 6.23. The lowest BCUT2D eigenvalue weighted by molar-refractivity contribution is -0.122. The van der Waals surface area contributed by atoms with E-state index >= 15 is 0 Å². The summed E-state index contributed by atoms with van der Waals surface area (Å²) in [7, 11) is 3.99. The first-order chi connectivity index (χ1) is 14.6. The minimum atomic E-state index is -0.645. The SMILES string of the molecule is CN(C)CCSc1nnc(C(=O)C(Cc2ccccc2)N(C=O)C2CCCCC2)o1. The van der Waals surface area contributed by atoms with E-state index in [2.05, 4.69) is 15.1 Å². The van der Waals surface area contributed by atoms with E-state index in [9.17, 15) is 9.59 Å². The van der Waals surface area contributed by atoms with E-state index in [1.807, 2.05) is 44.4 Å². The summed E-state index contributed by atoms with van der Waals surface area (Å²) in [5, 5.41) is 8.40. The first kappa shape index (κ1) is 22.5. The summed E-state index contributed by atoms with van der Waals surface area (Å²) in [5.41, 5.74) is 0.999. The Morgan fingerprint density at radius 1 is 1.20 bits per heavy atom. The Kier molecular flexibility index (Phi) is 8.45. The van der Waals surface area contributed by atoms with Crippen LogP contribution in [0.5, 0.6) is 0 Å². The van der Waals surface area contributed by atoms with Crippen molar-refractivity contribution in [2.24, 2.45) is 0 Å². The average Bonchev–Trinajstić information content (AvgIpc) is 3.23. The van der Waals surface area contributed by atoms with Crippen LogP contribution in [0.1, 0.15) is 48.4 Å². The van der Waals surface area contributed by atoms with Gasteiger partial charge in [0.2, 0.25) is 12.2 Å². The molecule has 1 aromatic heterocycles. The van der Waals surface area contributed by atoms with E-state index in [1.54, 1.807) is 4.90 Å². The number of benzene rings is 1. The molecule has 1 fully saturated rings. The molecule has 1 atom stereocenters. The smallest absolute Gasteiger partial charge is 0.286 e. The van der Waals surface area contributed by atoms with Crippen molar-refractivity contribution in [3.05, 3.63) is 41.8 Å². The van der Waals surface area contributed by atoms with E-state index < -0.39 is 6.04 Å². The molecule has 8 heteroatoms. The Morgan fingerprint density at radius 3 is 2.60 bits per heavy atom. The average molecular weight is 431 g/mol. The molecule has 0 aliphatic heterocycles. The Labute approximate surface area is 182 Å². The summed E-state index contributed by atoms with van der Waals surface area (Å²) in [6.45, 7) is 0.869. The van der Waals surface area contributed by atoms with E-state index in [0.29, 0.717) is 11.6 Å². The van der Waals surface area contributed by atoms with Crippen molar-refractivity contribution < 1.29 is 14.0 Å². The van der Waals surface area contributed by atoms with Crippen molar-refractivity contribution in [1.82, 2.24) is 20.0 Å². The molecule has 0 radical (unpaired) electrons. The van der Waals surface area contributed by atoms with Gasteiger partial charge in [0, 0.05) is 24.8 Å². The van der Waals surface area contributed by atoms with Gasteiger partial charge in [0.25, 0.3) is 11.1 Å². The molecule has 1 aromatic carbocycles. The van der Waals surface area contributed by atoms with Gasteiger partial charge in [0.1, 0.15) is 6.04 Å². The van der Waals surface area contributed by atoms with Gasteiger partial charge in [0.15, 0.2) is 0 Å². The summed E-state index contributed by atoms with van der Waals surface area (Å²) in [6.07, 6.45) is 6.44. The number of carbonyl (C=O) groups excluding carboxylic acids is 2. The number of amides is 1. The quantitative estimate of drug-likeness (QED) is 0.307. The van der Waals surface area contributed by atoms with E-state index in [-0.39, 0.29) is 17.7 Å². The summed E-state index contributed by atoms with van der Waals surface area (Å²) in [6, 6.07) is 9.19. The zero-order chi connectivity index (χ0) is 21.3. The number of rotatable bonds is 11. The van der Waals surface area contributed by atoms with E-state index in [1.165, 1.54) is 18.2 Å². The van der Waals surface area contributed by atoms with Crippen LogP contribution in [0.25, 0.3) is 0 Å². The molecule has 0 spiro atoms. The summed E-state index contributed by atoms with van der Waals surface area (Å²) in [5.74, 6) is 0.480. The molecular weight excluding hydrogens is 400 g/mol. The van der Waals surface area contributed by atoms with Crippen LogP contribution in [0.2, 0.25) is 0 Å². The van der Waals surface area contributed by atoms with E-state index in [4.69, 9.17) is 4.42 Å². The van der Waals surface area contributed by atoms with Crippen molar-refractivity contribution in [3.8, 4) is 0 Å². The fraction of sp³-hybridized carbons (Fsp3) is 0.545. The standard InChI is InChI=1S/C22H30N4O3S/c1-25(2)13-14-30-22-24-23-21(29-22)20(28)19(15-17-9-5-3-6-10-17)26(16-27)18-11-7-4-8-12-18/h3,5-6,9-10,16,18-19H,4,7-8,11-15H2,1-2H3. The maximum atomic E-state index is 13.4. The van der Waals surface area contributed by atoms with Crippen LogP contribution in [0.3, 0.4) is 0 Å². The second kappa shape index (κ2) is 11.3. The monoisotopic (exact) mass is 430 g/mol. The molecule has 0 N–H and O–H groups in total.